The number of rotatable bonds is 8. The van der Waals surface area contributed by atoms with Gasteiger partial charge in [0.1, 0.15) is 6.61 Å². The molecule has 0 aliphatic carbocycles. The van der Waals surface area contributed by atoms with Crippen LogP contribution in [0.3, 0.4) is 0 Å². The molecule has 0 saturated carbocycles. The summed E-state index contributed by atoms with van der Waals surface area (Å²) < 4.78 is 5.06. The lowest BCUT2D eigenvalue weighted by atomic mass is 10.0. The third kappa shape index (κ3) is 5.52. The summed E-state index contributed by atoms with van der Waals surface area (Å²) in [4.78, 5) is 23.1. The number of carbonyl (C=O) groups excluding carboxylic acids is 2. The highest BCUT2D eigenvalue weighted by molar-refractivity contribution is 5.91. The van der Waals surface area contributed by atoms with Gasteiger partial charge in [-0.1, -0.05) is 43.0 Å². The van der Waals surface area contributed by atoms with Crippen molar-refractivity contribution in [3.05, 3.63) is 61.2 Å². The number of alkyl carbamates (subject to hydrolysis) is 1. The van der Waals surface area contributed by atoms with Gasteiger partial charge in [0, 0.05) is 12.5 Å². The molecule has 0 spiro atoms. The normalized spacial score (nSPS) is 11.2. The fraction of sp³-hybridized carbons (Fsp3) is 0.250. The minimum Gasteiger partial charge on any atom is -0.445 e. The Morgan fingerprint density at radius 1 is 1.25 bits per heavy atom. The molecule has 20 heavy (non-hydrogen) atoms. The van der Waals surface area contributed by atoms with E-state index in [0.717, 1.165) is 5.56 Å². The third-order valence-corrected chi connectivity index (χ3v) is 2.76. The molecule has 1 amide bonds. The number of hydrogen-bond donors (Lipinski definition) is 1. The number of nitrogens with one attached hydrogen (secondary N) is 1. The molecule has 1 rings (SSSR count). The van der Waals surface area contributed by atoms with Crippen molar-refractivity contribution in [1.82, 2.24) is 5.32 Å². The highest BCUT2D eigenvalue weighted by atomic mass is 16.5. The van der Waals surface area contributed by atoms with Gasteiger partial charge in [0.2, 0.25) is 0 Å². The van der Waals surface area contributed by atoms with Crippen LogP contribution in [0.4, 0.5) is 4.79 Å². The monoisotopic (exact) mass is 273 g/mol. The van der Waals surface area contributed by atoms with Gasteiger partial charge in [0.05, 0.1) is 0 Å². The first-order chi connectivity index (χ1) is 9.67. The van der Waals surface area contributed by atoms with Gasteiger partial charge in [-0.15, -0.1) is 6.58 Å². The maximum absolute atomic E-state index is 11.5. The van der Waals surface area contributed by atoms with Gasteiger partial charge in [-0.05, 0) is 18.1 Å². The van der Waals surface area contributed by atoms with E-state index in [0.29, 0.717) is 6.42 Å². The molecule has 0 bridgehead atoms. The van der Waals surface area contributed by atoms with Gasteiger partial charge in [0.15, 0.2) is 5.78 Å². The van der Waals surface area contributed by atoms with E-state index in [1.807, 2.05) is 30.3 Å². The predicted molar refractivity (Wildman–Crippen MR) is 78.1 cm³/mol. The van der Waals surface area contributed by atoms with Crippen LogP contribution in [-0.2, 0) is 16.1 Å². The number of carbonyl (C=O) groups is 2. The SMILES string of the molecule is C=CCC(CNC(=O)OCc1ccccc1)C(=O)C=C. The fourth-order valence-electron chi connectivity index (χ4n) is 1.65. The van der Waals surface area contributed by atoms with Crippen molar-refractivity contribution in [3.63, 3.8) is 0 Å². The van der Waals surface area contributed by atoms with E-state index in [1.165, 1.54) is 6.08 Å². The van der Waals surface area contributed by atoms with Crippen LogP contribution in [0.15, 0.2) is 55.6 Å². The number of hydrogen-bond acceptors (Lipinski definition) is 3. The summed E-state index contributed by atoms with van der Waals surface area (Å²) >= 11 is 0. The van der Waals surface area contributed by atoms with E-state index in [4.69, 9.17) is 4.74 Å². The largest absolute Gasteiger partial charge is 0.445 e. The van der Waals surface area contributed by atoms with Gasteiger partial charge in [-0.3, -0.25) is 4.79 Å². The summed E-state index contributed by atoms with van der Waals surface area (Å²) in [5.74, 6) is -0.456. The number of benzene rings is 1. The lowest BCUT2D eigenvalue weighted by molar-refractivity contribution is -0.117. The average Bonchev–Trinajstić information content (AvgIpc) is 2.49. The zero-order valence-corrected chi connectivity index (χ0v) is 11.4. The van der Waals surface area contributed by atoms with Crippen LogP contribution >= 0.6 is 0 Å². The highest BCUT2D eigenvalue weighted by Gasteiger charge is 2.15. The Balaban J connectivity index is 2.36. The van der Waals surface area contributed by atoms with Crippen molar-refractivity contribution in [3.8, 4) is 0 Å². The first kappa shape index (κ1) is 15.7. The molecular formula is C16H19NO3. The molecule has 1 N–H and O–H groups in total. The first-order valence-corrected chi connectivity index (χ1v) is 6.39. The zero-order chi connectivity index (χ0) is 14.8. The van der Waals surface area contributed by atoms with Crippen LogP contribution < -0.4 is 5.32 Å². The topological polar surface area (TPSA) is 55.4 Å². The van der Waals surface area contributed by atoms with Crippen molar-refractivity contribution in [2.75, 3.05) is 6.54 Å². The Kier molecular flexibility index (Phi) is 6.82. The van der Waals surface area contributed by atoms with Gasteiger partial charge in [-0.2, -0.15) is 0 Å². The van der Waals surface area contributed by atoms with Crippen molar-refractivity contribution in [2.45, 2.75) is 13.0 Å². The average molecular weight is 273 g/mol. The Hall–Kier alpha value is -2.36. The third-order valence-electron chi connectivity index (χ3n) is 2.76. The van der Waals surface area contributed by atoms with E-state index in [-0.39, 0.29) is 24.9 Å². The first-order valence-electron chi connectivity index (χ1n) is 6.39. The second-order valence-electron chi connectivity index (χ2n) is 4.27. The van der Waals surface area contributed by atoms with Crippen LogP contribution in [0, 0.1) is 5.92 Å². The molecule has 0 aromatic heterocycles. The minimum absolute atomic E-state index is 0.117. The molecule has 106 valence electrons. The van der Waals surface area contributed by atoms with Crippen molar-refractivity contribution >= 4 is 11.9 Å². The molecule has 0 heterocycles. The molecule has 0 fully saturated rings. The summed E-state index contributed by atoms with van der Waals surface area (Å²) in [7, 11) is 0. The minimum atomic E-state index is -0.542. The molecule has 0 saturated heterocycles. The molecule has 4 nitrogen and oxygen atoms in total. The summed E-state index contributed by atoms with van der Waals surface area (Å²) in [5.41, 5.74) is 0.910. The van der Waals surface area contributed by atoms with Gasteiger partial charge in [0.25, 0.3) is 0 Å². The Morgan fingerprint density at radius 2 is 1.95 bits per heavy atom. The van der Waals surface area contributed by atoms with Crippen molar-refractivity contribution in [1.29, 1.82) is 0 Å². The van der Waals surface area contributed by atoms with E-state index in [9.17, 15) is 9.59 Å². The Morgan fingerprint density at radius 3 is 2.55 bits per heavy atom. The van der Waals surface area contributed by atoms with Gasteiger partial charge in [-0.25, -0.2) is 4.79 Å². The smallest absolute Gasteiger partial charge is 0.407 e. The number of allylic oxidation sites excluding steroid dienone is 2. The molecule has 1 aromatic carbocycles. The lowest BCUT2D eigenvalue weighted by Gasteiger charge is -2.13. The predicted octanol–water partition coefficient (Wildman–Crippen LogP) is 2.86. The maximum atomic E-state index is 11.5. The van der Waals surface area contributed by atoms with E-state index in [2.05, 4.69) is 18.5 Å². The van der Waals surface area contributed by atoms with Crippen LogP contribution in [0.1, 0.15) is 12.0 Å². The zero-order valence-electron chi connectivity index (χ0n) is 11.4. The molecule has 1 unspecified atom stereocenters. The Bertz CT molecular complexity index is 468. The quantitative estimate of drug-likeness (QED) is 0.585. The van der Waals surface area contributed by atoms with Crippen LogP contribution in [0.25, 0.3) is 0 Å². The fourth-order valence-corrected chi connectivity index (χ4v) is 1.65. The second kappa shape index (κ2) is 8.69. The van der Waals surface area contributed by atoms with Gasteiger partial charge >= 0.3 is 6.09 Å². The molecule has 1 aromatic rings. The number of ketones is 1. The van der Waals surface area contributed by atoms with Gasteiger partial charge < -0.3 is 10.1 Å². The summed E-state index contributed by atoms with van der Waals surface area (Å²) in [6.45, 7) is 7.44. The van der Waals surface area contributed by atoms with Crippen LogP contribution in [0.5, 0.6) is 0 Å². The molecule has 1 atom stereocenters. The number of amides is 1. The highest BCUT2D eigenvalue weighted by Crippen LogP contribution is 2.05. The molecular weight excluding hydrogens is 254 g/mol. The molecule has 0 radical (unpaired) electrons. The molecule has 0 aliphatic rings. The van der Waals surface area contributed by atoms with Crippen molar-refractivity contribution in [2.24, 2.45) is 5.92 Å². The van der Waals surface area contributed by atoms with Crippen LogP contribution in [-0.4, -0.2) is 18.4 Å². The summed E-state index contributed by atoms with van der Waals surface area (Å²) in [6.07, 6.45) is 2.85. The second-order valence-corrected chi connectivity index (χ2v) is 4.27. The summed E-state index contributed by atoms with van der Waals surface area (Å²) in [6, 6.07) is 9.38. The van der Waals surface area contributed by atoms with Crippen LogP contribution in [0.2, 0.25) is 0 Å². The lowest BCUT2D eigenvalue weighted by Crippen LogP contribution is -2.32. The Labute approximate surface area is 119 Å². The maximum Gasteiger partial charge on any atom is 0.407 e. The number of ether oxygens (including phenoxy) is 1. The van der Waals surface area contributed by atoms with E-state index in [1.54, 1.807) is 6.08 Å². The molecule has 4 heteroatoms. The van der Waals surface area contributed by atoms with Crippen molar-refractivity contribution < 1.29 is 14.3 Å². The molecule has 0 aliphatic heterocycles. The standard InChI is InChI=1S/C16H19NO3/c1-3-8-14(15(18)4-2)11-17-16(19)20-12-13-9-6-5-7-10-13/h3-7,9-10,14H,1-2,8,11-12H2,(H,17,19). The van der Waals surface area contributed by atoms with E-state index < -0.39 is 6.09 Å². The van der Waals surface area contributed by atoms with E-state index >= 15 is 0 Å². The summed E-state index contributed by atoms with van der Waals surface area (Å²) in [5, 5.41) is 2.58.